The van der Waals surface area contributed by atoms with Crippen LogP contribution in [0, 0.1) is 5.92 Å². The summed E-state index contributed by atoms with van der Waals surface area (Å²) in [4.78, 5) is 11.3. The first kappa shape index (κ1) is 14.7. The van der Waals surface area contributed by atoms with Crippen molar-refractivity contribution in [2.75, 3.05) is 38.3 Å². The van der Waals surface area contributed by atoms with E-state index < -0.39 is 0 Å². The lowest BCUT2D eigenvalue weighted by atomic mass is 9.89. The van der Waals surface area contributed by atoms with Crippen LogP contribution in [0.25, 0.3) is 0 Å². The van der Waals surface area contributed by atoms with Crippen molar-refractivity contribution in [1.82, 2.24) is 9.97 Å². The Bertz CT molecular complexity index is 465. The van der Waals surface area contributed by atoms with Crippen molar-refractivity contribution in [3.63, 3.8) is 0 Å². The van der Waals surface area contributed by atoms with Crippen LogP contribution >= 0.6 is 0 Å². The Kier molecular flexibility index (Phi) is 4.40. The Hall–Kier alpha value is -1.20. The van der Waals surface area contributed by atoms with E-state index in [2.05, 4.69) is 21.8 Å². The zero-order valence-electron chi connectivity index (χ0n) is 13.0. The van der Waals surface area contributed by atoms with Crippen molar-refractivity contribution in [3.05, 3.63) is 18.0 Å². The Morgan fingerprint density at radius 2 is 2.24 bits per heavy atom. The lowest BCUT2D eigenvalue weighted by Gasteiger charge is -2.44. The number of rotatable bonds is 4. The third kappa shape index (κ3) is 2.90. The molecular formula is C16H25N3O2. The molecule has 3 rings (SSSR count). The van der Waals surface area contributed by atoms with Crippen LogP contribution in [0.2, 0.25) is 0 Å². The van der Waals surface area contributed by atoms with E-state index in [9.17, 15) is 0 Å². The number of ether oxygens (including phenoxy) is 2. The van der Waals surface area contributed by atoms with Crippen LogP contribution in [-0.4, -0.2) is 49.0 Å². The van der Waals surface area contributed by atoms with Crippen LogP contribution < -0.4 is 4.90 Å². The van der Waals surface area contributed by atoms with E-state index in [1.807, 2.05) is 12.4 Å². The first-order valence-electron chi connectivity index (χ1n) is 7.96. The minimum atomic E-state index is -0.0684. The molecule has 1 spiro atoms. The first-order valence-corrected chi connectivity index (χ1v) is 7.96. The Morgan fingerprint density at radius 1 is 1.43 bits per heavy atom. The first-order chi connectivity index (χ1) is 10.3. The van der Waals surface area contributed by atoms with E-state index in [0.29, 0.717) is 5.92 Å². The molecule has 2 fully saturated rings. The molecule has 1 aromatic rings. The van der Waals surface area contributed by atoms with Gasteiger partial charge in [-0.1, -0.05) is 13.3 Å². The van der Waals surface area contributed by atoms with Crippen LogP contribution in [0.15, 0.2) is 12.4 Å². The number of aromatic nitrogens is 2. The molecular weight excluding hydrogens is 266 g/mol. The van der Waals surface area contributed by atoms with Gasteiger partial charge in [0.15, 0.2) is 0 Å². The summed E-state index contributed by atoms with van der Waals surface area (Å²) in [6.07, 6.45) is 8.38. The summed E-state index contributed by atoms with van der Waals surface area (Å²) >= 11 is 0. The van der Waals surface area contributed by atoms with Crippen LogP contribution in [0.1, 0.15) is 31.7 Å². The zero-order valence-corrected chi connectivity index (χ0v) is 13.0. The van der Waals surface area contributed by atoms with Gasteiger partial charge >= 0.3 is 0 Å². The summed E-state index contributed by atoms with van der Waals surface area (Å²) in [5.74, 6) is 1.32. The van der Waals surface area contributed by atoms with Gasteiger partial charge < -0.3 is 14.4 Å². The lowest BCUT2D eigenvalue weighted by Crippen LogP contribution is -2.55. The van der Waals surface area contributed by atoms with Gasteiger partial charge in [0.1, 0.15) is 0 Å². The molecule has 5 nitrogen and oxygen atoms in total. The van der Waals surface area contributed by atoms with Crippen molar-refractivity contribution in [2.24, 2.45) is 5.92 Å². The maximum absolute atomic E-state index is 6.21. The molecule has 2 heterocycles. The summed E-state index contributed by atoms with van der Waals surface area (Å²) in [6, 6.07) is 0. The molecule has 2 atom stereocenters. The predicted octanol–water partition coefficient (Wildman–Crippen LogP) is 2.06. The standard InChI is InChI=1S/C16H25N3O2/c1-3-13-9-17-15(18-10-13)19-7-8-21-16(12-19)6-4-5-14(16)11-20-2/h9-10,14H,3-8,11-12H2,1-2H3/t14-,16+/m0/s1. The summed E-state index contributed by atoms with van der Waals surface area (Å²) in [7, 11) is 1.78. The number of anilines is 1. The van der Waals surface area contributed by atoms with Gasteiger partial charge in [0.25, 0.3) is 0 Å². The molecule has 5 heteroatoms. The Morgan fingerprint density at radius 3 is 2.95 bits per heavy atom. The highest BCUT2D eigenvalue weighted by molar-refractivity contribution is 5.32. The van der Waals surface area contributed by atoms with Gasteiger partial charge in [0, 0.05) is 32.0 Å². The second-order valence-corrected chi connectivity index (χ2v) is 6.12. The minimum absolute atomic E-state index is 0.0684. The van der Waals surface area contributed by atoms with Crippen molar-refractivity contribution < 1.29 is 9.47 Å². The van der Waals surface area contributed by atoms with Crippen molar-refractivity contribution in [2.45, 2.75) is 38.2 Å². The van der Waals surface area contributed by atoms with Crippen LogP contribution in [-0.2, 0) is 15.9 Å². The van der Waals surface area contributed by atoms with Crippen molar-refractivity contribution >= 4 is 5.95 Å². The quantitative estimate of drug-likeness (QED) is 0.850. The molecule has 0 unspecified atom stereocenters. The van der Waals surface area contributed by atoms with Gasteiger partial charge in [-0.25, -0.2) is 9.97 Å². The monoisotopic (exact) mass is 291 g/mol. The average molecular weight is 291 g/mol. The molecule has 0 aromatic carbocycles. The van der Waals surface area contributed by atoms with Crippen molar-refractivity contribution in [3.8, 4) is 0 Å². The van der Waals surface area contributed by atoms with Crippen LogP contribution in [0.5, 0.6) is 0 Å². The number of nitrogens with zero attached hydrogens (tertiary/aromatic N) is 3. The van der Waals surface area contributed by atoms with E-state index in [-0.39, 0.29) is 5.60 Å². The number of morpholine rings is 1. The fourth-order valence-electron chi connectivity index (χ4n) is 3.62. The van der Waals surface area contributed by atoms with Gasteiger partial charge in [-0.05, 0) is 24.8 Å². The molecule has 1 aliphatic carbocycles. The SMILES string of the molecule is CCc1cnc(N2CCO[C@]3(CCC[C@H]3COC)C2)nc1. The number of hydrogen-bond donors (Lipinski definition) is 0. The highest BCUT2D eigenvalue weighted by Gasteiger charge is 2.47. The molecule has 116 valence electrons. The van der Waals surface area contributed by atoms with E-state index >= 15 is 0 Å². The lowest BCUT2D eigenvalue weighted by molar-refractivity contribution is -0.0954. The highest BCUT2D eigenvalue weighted by Crippen LogP contribution is 2.41. The summed E-state index contributed by atoms with van der Waals surface area (Å²) in [5, 5.41) is 0. The van der Waals surface area contributed by atoms with Gasteiger partial charge in [-0.2, -0.15) is 0 Å². The van der Waals surface area contributed by atoms with Gasteiger partial charge in [-0.15, -0.1) is 0 Å². The topological polar surface area (TPSA) is 47.5 Å². The smallest absolute Gasteiger partial charge is 0.225 e. The maximum Gasteiger partial charge on any atom is 0.225 e. The summed E-state index contributed by atoms with van der Waals surface area (Å²) in [6.45, 7) is 5.40. The second kappa shape index (κ2) is 6.28. The Balaban J connectivity index is 1.75. The summed E-state index contributed by atoms with van der Waals surface area (Å²) < 4.78 is 11.6. The molecule has 0 N–H and O–H groups in total. The van der Waals surface area contributed by atoms with Gasteiger partial charge in [0.05, 0.1) is 25.4 Å². The molecule has 1 saturated carbocycles. The Labute approximate surface area is 126 Å². The van der Waals surface area contributed by atoms with Crippen LogP contribution in [0.3, 0.4) is 0 Å². The third-order valence-electron chi connectivity index (χ3n) is 4.86. The fourth-order valence-corrected chi connectivity index (χ4v) is 3.62. The fraction of sp³-hybridized carbons (Fsp3) is 0.750. The number of methoxy groups -OCH3 is 1. The maximum atomic E-state index is 6.21. The minimum Gasteiger partial charge on any atom is -0.384 e. The molecule has 0 radical (unpaired) electrons. The van der Waals surface area contributed by atoms with Gasteiger partial charge in [-0.3, -0.25) is 0 Å². The second-order valence-electron chi connectivity index (χ2n) is 6.12. The van der Waals surface area contributed by atoms with E-state index in [1.165, 1.54) is 18.4 Å². The molecule has 2 aliphatic rings. The van der Waals surface area contributed by atoms with E-state index in [4.69, 9.17) is 9.47 Å². The summed E-state index contributed by atoms with van der Waals surface area (Å²) in [5.41, 5.74) is 1.11. The normalized spacial score (nSPS) is 29.2. The average Bonchev–Trinajstić information content (AvgIpc) is 2.90. The zero-order chi connectivity index (χ0) is 14.7. The molecule has 1 aromatic heterocycles. The predicted molar refractivity (Wildman–Crippen MR) is 81.5 cm³/mol. The highest BCUT2D eigenvalue weighted by atomic mass is 16.5. The van der Waals surface area contributed by atoms with E-state index in [0.717, 1.165) is 45.1 Å². The van der Waals surface area contributed by atoms with Gasteiger partial charge in [0.2, 0.25) is 5.95 Å². The molecule has 0 amide bonds. The third-order valence-corrected chi connectivity index (χ3v) is 4.86. The number of hydrogen-bond acceptors (Lipinski definition) is 5. The molecule has 1 saturated heterocycles. The largest absolute Gasteiger partial charge is 0.384 e. The molecule has 0 bridgehead atoms. The number of aryl methyl sites for hydroxylation is 1. The van der Waals surface area contributed by atoms with E-state index in [1.54, 1.807) is 7.11 Å². The van der Waals surface area contributed by atoms with Crippen molar-refractivity contribution in [1.29, 1.82) is 0 Å². The molecule has 1 aliphatic heterocycles. The van der Waals surface area contributed by atoms with Crippen LogP contribution in [0.4, 0.5) is 5.95 Å². The molecule has 21 heavy (non-hydrogen) atoms.